The molecule has 0 unspecified atom stereocenters. The molecule has 3 aromatic heterocycles. The number of fused-ring (bicyclic) bond motifs is 1. The summed E-state index contributed by atoms with van der Waals surface area (Å²) >= 11 is 0. The summed E-state index contributed by atoms with van der Waals surface area (Å²) in [4.78, 5) is 31.1. The molecule has 1 amide bonds. The molecule has 25 heavy (non-hydrogen) atoms. The molecular weight excluding hydrogens is 322 g/mol. The maximum Gasteiger partial charge on any atom is 0.293 e. The van der Waals surface area contributed by atoms with Crippen molar-refractivity contribution < 1.29 is 9.32 Å². The second kappa shape index (κ2) is 5.87. The predicted molar refractivity (Wildman–Crippen MR) is 89.4 cm³/mol. The van der Waals surface area contributed by atoms with Crippen LogP contribution in [0.3, 0.4) is 0 Å². The number of likely N-dealkylation sites (tertiary alicyclic amines) is 1. The Morgan fingerprint density at radius 2 is 2.08 bits per heavy atom. The number of nitrogens with one attached hydrogen (secondary N) is 1. The van der Waals surface area contributed by atoms with Gasteiger partial charge in [-0.25, -0.2) is 9.50 Å². The molecule has 1 N–H and O–H groups in total. The van der Waals surface area contributed by atoms with Gasteiger partial charge in [-0.1, -0.05) is 5.16 Å². The molecule has 3 aromatic rings. The van der Waals surface area contributed by atoms with E-state index >= 15 is 0 Å². The molecule has 0 bridgehead atoms. The fourth-order valence-electron chi connectivity index (χ4n) is 3.40. The zero-order chi connectivity index (χ0) is 17.6. The number of aromatic nitrogens is 4. The minimum Gasteiger partial charge on any atom is -0.351 e. The van der Waals surface area contributed by atoms with Crippen molar-refractivity contribution in [1.82, 2.24) is 24.7 Å². The normalized spacial score (nSPS) is 18.0. The van der Waals surface area contributed by atoms with E-state index in [0.717, 1.165) is 25.0 Å². The van der Waals surface area contributed by atoms with Gasteiger partial charge in [0, 0.05) is 30.4 Å². The fraction of sp³-hybridized carbons (Fsp3) is 0.412. The fourth-order valence-corrected chi connectivity index (χ4v) is 3.40. The van der Waals surface area contributed by atoms with Crippen LogP contribution in [0.5, 0.6) is 0 Å². The smallest absolute Gasteiger partial charge is 0.293 e. The Labute approximate surface area is 143 Å². The van der Waals surface area contributed by atoms with E-state index in [0.29, 0.717) is 23.6 Å². The highest BCUT2D eigenvalue weighted by atomic mass is 16.5. The van der Waals surface area contributed by atoms with Crippen LogP contribution in [0.25, 0.3) is 5.65 Å². The molecule has 1 aliphatic heterocycles. The minimum absolute atomic E-state index is 0.145. The Morgan fingerprint density at radius 1 is 1.24 bits per heavy atom. The van der Waals surface area contributed by atoms with E-state index in [-0.39, 0.29) is 23.3 Å². The summed E-state index contributed by atoms with van der Waals surface area (Å²) in [5.41, 5.74) is 2.55. The molecule has 8 heteroatoms. The van der Waals surface area contributed by atoms with E-state index < -0.39 is 0 Å². The predicted octanol–water partition coefficient (Wildman–Crippen LogP) is 1.99. The topological polar surface area (TPSA) is 96.5 Å². The molecule has 0 aliphatic carbocycles. The molecule has 0 spiro atoms. The molecule has 1 fully saturated rings. The van der Waals surface area contributed by atoms with Gasteiger partial charge in [0.25, 0.3) is 11.5 Å². The van der Waals surface area contributed by atoms with Gasteiger partial charge < -0.3 is 9.42 Å². The van der Waals surface area contributed by atoms with Crippen LogP contribution in [0.4, 0.5) is 0 Å². The molecule has 130 valence electrons. The van der Waals surface area contributed by atoms with Crippen LogP contribution in [-0.2, 0) is 0 Å². The summed E-state index contributed by atoms with van der Waals surface area (Å²) in [5, 5.41) is 6.90. The van der Waals surface area contributed by atoms with Gasteiger partial charge >= 0.3 is 0 Å². The Hall–Kier alpha value is -2.90. The lowest BCUT2D eigenvalue weighted by atomic mass is 9.99. The quantitative estimate of drug-likeness (QED) is 0.769. The summed E-state index contributed by atoms with van der Waals surface area (Å²) in [7, 11) is 0. The van der Waals surface area contributed by atoms with Crippen LogP contribution >= 0.6 is 0 Å². The van der Waals surface area contributed by atoms with Gasteiger partial charge in [-0.05, 0) is 33.1 Å². The third-order valence-corrected chi connectivity index (χ3v) is 4.56. The van der Waals surface area contributed by atoms with E-state index in [1.54, 1.807) is 24.8 Å². The summed E-state index contributed by atoms with van der Waals surface area (Å²) in [6, 6.07) is 4.83. The van der Waals surface area contributed by atoms with Crippen molar-refractivity contribution in [2.24, 2.45) is 0 Å². The van der Waals surface area contributed by atoms with Crippen LogP contribution in [-0.4, -0.2) is 37.1 Å². The number of carbonyl (C=O) groups is 1. The number of aryl methyl sites for hydroxylation is 2. The Bertz CT molecular complexity index is 999. The third-order valence-electron chi connectivity index (χ3n) is 4.56. The number of hydrogen-bond donors (Lipinski definition) is 1. The molecule has 1 saturated heterocycles. The van der Waals surface area contributed by atoms with Crippen molar-refractivity contribution >= 4 is 11.6 Å². The lowest BCUT2D eigenvalue weighted by Gasteiger charge is -2.34. The highest BCUT2D eigenvalue weighted by Crippen LogP contribution is 2.31. The molecule has 4 rings (SSSR count). The molecule has 8 nitrogen and oxygen atoms in total. The first-order valence-corrected chi connectivity index (χ1v) is 8.36. The van der Waals surface area contributed by atoms with E-state index in [1.165, 1.54) is 10.6 Å². The van der Waals surface area contributed by atoms with E-state index in [4.69, 9.17) is 4.52 Å². The number of aromatic amines is 1. The zero-order valence-corrected chi connectivity index (χ0v) is 14.2. The van der Waals surface area contributed by atoms with Crippen LogP contribution in [0.2, 0.25) is 0 Å². The van der Waals surface area contributed by atoms with Gasteiger partial charge in [-0.15, -0.1) is 0 Å². The highest BCUT2D eigenvalue weighted by Gasteiger charge is 2.32. The lowest BCUT2D eigenvalue weighted by Crippen LogP contribution is -2.38. The summed E-state index contributed by atoms with van der Waals surface area (Å²) in [6.07, 6.45) is 2.77. The Balaban J connectivity index is 1.73. The summed E-state index contributed by atoms with van der Waals surface area (Å²) < 4.78 is 6.55. The number of rotatable bonds is 2. The van der Waals surface area contributed by atoms with Crippen molar-refractivity contribution in [2.75, 3.05) is 6.54 Å². The summed E-state index contributed by atoms with van der Waals surface area (Å²) in [5.74, 6) is 0.0621. The van der Waals surface area contributed by atoms with Crippen LogP contribution in [0.15, 0.2) is 27.5 Å². The molecule has 0 saturated carbocycles. The summed E-state index contributed by atoms with van der Waals surface area (Å²) in [6.45, 7) is 4.21. The van der Waals surface area contributed by atoms with Crippen LogP contribution < -0.4 is 5.56 Å². The molecular formula is C17H19N5O3. The van der Waals surface area contributed by atoms with Gasteiger partial charge in [-0.2, -0.15) is 0 Å². The number of H-pyrrole nitrogens is 1. The van der Waals surface area contributed by atoms with Gasteiger partial charge in [-0.3, -0.25) is 14.7 Å². The number of carbonyl (C=O) groups excluding carboxylic acids is 1. The first kappa shape index (κ1) is 15.6. The lowest BCUT2D eigenvalue weighted by molar-refractivity contribution is 0.0563. The second-order valence-electron chi connectivity index (χ2n) is 6.48. The van der Waals surface area contributed by atoms with Gasteiger partial charge in [0.15, 0.2) is 5.65 Å². The first-order valence-electron chi connectivity index (χ1n) is 8.36. The van der Waals surface area contributed by atoms with Gasteiger partial charge in [0.05, 0.1) is 17.4 Å². The SMILES string of the molecule is Cc1cc(C(=O)N2CCCC[C@@H]2c2cc3nc(C)cc(=O)n3[nH]2)on1. The van der Waals surface area contributed by atoms with Crippen LogP contribution in [0, 0.1) is 13.8 Å². The molecule has 1 atom stereocenters. The van der Waals surface area contributed by atoms with E-state index in [9.17, 15) is 9.59 Å². The van der Waals surface area contributed by atoms with Gasteiger partial charge in [0.2, 0.25) is 5.76 Å². The second-order valence-corrected chi connectivity index (χ2v) is 6.48. The van der Waals surface area contributed by atoms with Crippen LogP contribution in [0.1, 0.15) is 52.9 Å². The average molecular weight is 341 g/mol. The van der Waals surface area contributed by atoms with Crippen molar-refractivity contribution in [2.45, 2.75) is 39.2 Å². The third kappa shape index (κ3) is 2.73. The number of amides is 1. The molecule has 4 heterocycles. The molecule has 0 radical (unpaired) electrons. The van der Waals surface area contributed by atoms with Crippen molar-refractivity contribution in [3.8, 4) is 0 Å². The number of nitrogens with zero attached hydrogens (tertiary/aromatic N) is 4. The minimum atomic E-state index is -0.180. The Morgan fingerprint density at radius 3 is 2.84 bits per heavy atom. The van der Waals surface area contributed by atoms with Crippen molar-refractivity contribution in [3.63, 3.8) is 0 Å². The standard InChI is InChI=1S/C17H19N5O3/c1-10-8-16(23)22-15(18-10)9-12(19-22)13-5-3-4-6-21(13)17(24)14-7-11(2)20-25-14/h7-9,13,19H,3-6H2,1-2H3/t13-/m1/s1. The number of hydrogen-bond acceptors (Lipinski definition) is 5. The van der Waals surface area contributed by atoms with Crippen molar-refractivity contribution in [3.05, 3.63) is 51.4 Å². The van der Waals surface area contributed by atoms with Crippen molar-refractivity contribution in [1.29, 1.82) is 0 Å². The van der Waals surface area contributed by atoms with Gasteiger partial charge in [0.1, 0.15) is 0 Å². The first-order chi connectivity index (χ1) is 12.0. The molecule has 1 aliphatic rings. The van der Waals surface area contributed by atoms with E-state index in [2.05, 4.69) is 15.2 Å². The number of piperidine rings is 1. The molecule has 0 aromatic carbocycles. The maximum atomic E-state index is 12.8. The maximum absolute atomic E-state index is 12.8. The van der Waals surface area contributed by atoms with E-state index in [1.807, 2.05) is 6.07 Å². The monoisotopic (exact) mass is 341 g/mol. The largest absolute Gasteiger partial charge is 0.351 e. The highest BCUT2D eigenvalue weighted by molar-refractivity contribution is 5.91. The Kier molecular flexibility index (Phi) is 3.67. The average Bonchev–Trinajstić information content (AvgIpc) is 3.20. The zero-order valence-electron chi connectivity index (χ0n) is 14.2.